The molecule has 120 valence electrons. The van der Waals surface area contributed by atoms with E-state index >= 15 is 0 Å². The predicted octanol–water partition coefficient (Wildman–Crippen LogP) is 2.30. The van der Waals surface area contributed by atoms with Crippen molar-refractivity contribution in [2.24, 2.45) is 5.41 Å². The van der Waals surface area contributed by atoms with Gasteiger partial charge in [0, 0.05) is 25.9 Å². The van der Waals surface area contributed by atoms with E-state index in [1.165, 1.54) is 10.5 Å². The first-order chi connectivity index (χ1) is 9.64. The Kier molecular flexibility index (Phi) is 6.59. The van der Waals surface area contributed by atoms with Crippen LogP contribution in [-0.4, -0.2) is 42.5 Å². The van der Waals surface area contributed by atoms with E-state index in [0.29, 0.717) is 30.2 Å². The minimum absolute atomic E-state index is 0.0291. The van der Waals surface area contributed by atoms with Crippen LogP contribution in [0.3, 0.4) is 0 Å². The Labute approximate surface area is 132 Å². The Bertz CT molecular complexity index is 538. The summed E-state index contributed by atoms with van der Waals surface area (Å²) >= 11 is 5.70. The number of aliphatic hydroxyl groups excluding tert-OH is 1. The first-order valence-corrected chi connectivity index (χ1v) is 8.82. The minimum atomic E-state index is -3.45. The molecule has 1 rings (SSSR count). The summed E-state index contributed by atoms with van der Waals surface area (Å²) in [5.74, 6) is -0.112. The van der Waals surface area contributed by atoms with Gasteiger partial charge in [0.25, 0.3) is 0 Å². The van der Waals surface area contributed by atoms with Gasteiger partial charge >= 0.3 is 0 Å². The maximum atomic E-state index is 12.6. The number of hydrogen-bond acceptors (Lipinski definition) is 4. The number of nitrogens with zero attached hydrogens (tertiary/aromatic N) is 2. The maximum absolute atomic E-state index is 12.6. The zero-order valence-corrected chi connectivity index (χ0v) is 14.3. The monoisotopic (exact) mass is 334 g/mol. The molecule has 0 saturated heterocycles. The summed E-state index contributed by atoms with van der Waals surface area (Å²) in [6.45, 7) is 6.65. The van der Waals surface area contributed by atoms with Gasteiger partial charge in [-0.15, -0.1) is 0 Å². The average Bonchev–Trinajstić information content (AvgIpc) is 2.35. The van der Waals surface area contributed by atoms with Crippen LogP contribution >= 0.6 is 11.6 Å². The third kappa shape index (κ3) is 6.74. The largest absolute Gasteiger partial charge is 0.396 e. The molecule has 1 aromatic rings. The number of sulfonamides is 1. The van der Waals surface area contributed by atoms with Crippen molar-refractivity contribution in [2.45, 2.75) is 32.9 Å². The summed E-state index contributed by atoms with van der Waals surface area (Å²) in [7, 11) is -3.45. The van der Waals surface area contributed by atoms with Crippen molar-refractivity contribution < 1.29 is 13.5 Å². The molecule has 0 spiro atoms. The Hall–Kier alpha value is -0.690. The van der Waals surface area contributed by atoms with Crippen LogP contribution in [0.2, 0.25) is 5.15 Å². The van der Waals surface area contributed by atoms with Crippen molar-refractivity contribution in [2.75, 3.05) is 19.7 Å². The van der Waals surface area contributed by atoms with E-state index in [1.807, 2.05) is 20.8 Å². The highest BCUT2D eigenvalue weighted by Crippen LogP contribution is 2.20. The molecule has 21 heavy (non-hydrogen) atoms. The van der Waals surface area contributed by atoms with Gasteiger partial charge in [-0.05, 0) is 23.5 Å². The predicted molar refractivity (Wildman–Crippen MR) is 84.6 cm³/mol. The fourth-order valence-electron chi connectivity index (χ4n) is 1.89. The van der Waals surface area contributed by atoms with E-state index in [0.717, 1.165) is 0 Å². The molecular weight excluding hydrogens is 312 g/mol. The zero-order chi connectivity index (χ0) is 16.1. The lowest BCUT2D eigenvalue weighted by molar-refractivity contribution is 0.240. The topological polar surface area (TPSA) is 70.5 Å². The summed E-state index contributed by atoms with van der Waals surface area (Å²) in [5.41, 5.74) is 0.447. The molecule has 1 heterocycles. The molecular formula is C14H23ClN2O3S. The molecule has 0 saturated carbocycles. The van der Waals surface area contributed by atoms with E-state index < -0.39 is 10.0 Å². The second-order valence-electron chi connectivity index (χ2n) is 6.22. The van der Waals surface area contributed by atoms with Crippen LogP contribution in [0.25, 0.3) is 0 Å². The number of aliphatic hydroxyl groups is 1. The lowest BCUT2D eigenvalue weighted by atomic mass is 9.97. The van der Waals surface area contributed by atoms with Crippen LogP contribution in [0, 0.1) is 5.41 Å². The average molecular weight is 335 g/mol. The van der Waals surface area contributed by atoms with Crippen LogP contribution in [0.1, 0.15) is 32.8 Å². The van der Waals surface area contributed by atoms with Gasteiger partial charge < -0.3 is 5.11 Å². The molecule has 0 radical (unpaired) electrons. The highest BCUT2D eigenvalue weighted by molar-refractivity contribution is 7.88. The number of pyridine rings is 1. The van der Waals surface area contributed by atoms with E-state index in [9.17, 15) is 8.42 Å². The molecule has 7 heteroatoms. The molecule has 0 amide bonds. The van der Waals surface area contributed by atoms with E-state index in [-0.39, 0.29) is 17.8 Å². The summed E-state index contributed by atoms with van der Waals surface area (Å²) < 4.78 is 26.5. The van der Waals surface area contributed by atoms with Gasteiger partial charge in [0.1, 0.15) is 5.15 Å². The summed E-state index contributed by atoms with van der Waals surface area (Å²) in [5, 5.41) is 9.29. The van der Waals surface area contributed by atoms with Crippen molar-refractivity contribution in [3.63, 3.8) is 0 Å². The minimum Gasteiger partial charge on any atom is -0.396 e. The first-order valence-electron chi connectivity index (χ1n) is 6.83. The van der Waals surface area contributed by atoms with Gasteiger partial charge in [-0.25, -0.2) is 17.7 Å². The molecule has 0 aliphatic carbocycles. The summed E-state index contributed by atoms with van der Waals surface area (Å²) in [6.07, 6.45) is 1.90. The molecule has 0 bridgehead atoms. The highest BCUT2D eigenvalue weighted by atomic mass is 35.5. The van der Waals surface area contributed by atoms with E-state index in [1.54, 1.807) is 12.1 Å². The maximum Gasteiger partial charge on any atom is 0.218 e. The number of aromatic nitrogens is 1. The van der Waals surface area contributed by atoms with Crippen LogP contribution in [0.4, 0.5) is 0 Å². The second-order valence-corrected chi connectivity index (χ2v) is 8.57. The first kappa shape index (κ1) is 18.4. The van der Waals surface area contributed by atoms with Crippen molar-refractivity contribution in [1.82, 2.24) is 9.29 Å². The smallest absolute Gasteiger partial charge is 0.218 e. The van der Waals surface area contributed by atoms with E-state index in [4.69, 9.17) is 16.7 Å². The lowest BCUT2D eigenvalue weighted by Crippen LogP contribution is -2.39. The van der Waals surface area contributed by atoms with Gasteiger partial charge in [-0.3, -0.25) is 0 Å². The van der Waals surface area contributed by atoms with Crippen molar-refractivity contribution in [3.05, 3.63) is 29.0 Å². The number of halogens is 1. The van der Waals surface area contributed by atoms with Crippen molar-refractivity contribution in [1.29, 1.82) is 0 Å². The third-order valence-corrected chi connectivity index (χ3v) is 4.77. The van der Waals surface area contributed by atoms with Gasteiger partial charge in [0.05, 0.1) is 5.75 Å². The van der Waals surface area contributed by atoms with Crippen LogP contribution in [-0.2, 0) is 15.8 Å². The van der Waals surface area contributed by atoms with Crippen LogP contribution in [0.5, 0.6) is 0 Å². The summed E-state index contributed by atoms with van der Waals surface area (Å²) in [4.78, 5) is 3.90. The van der Waals surface area contributed by atoms with E-state index in [2.05, 4.69) is 4.98 Å². The van der Waals surface area contributed by atoms with Crippen LogP contribution < -0.4 is 0 Å². The SMILES string of the molecule is CC(C)(C)CN(CCCO)S(=O)(=O)Cc1ccc(Cl)nc1. The molecule has 1 N–H and O–H groups in total. The molecule has 0 atom stereocenters. The fourth-order valence-corrected chi connectivity index (χ4v) is 3.76. The van der Waals surface area contributed by atoms with Crippen molar-refractivity contribution >= 4 is 21.6 Å². The number of hydrogen-bond donors (Lipinski definition) is 1. The zero-order valence-electron chi connectivity index (χ0n) is 12.7. The number of rotatable bonds is 7. The molecule has 0 unspecified atom stereocenters. The Morgan fingerprint density at radius 1 is 1.33 bits per heavy atom. The molecule has 0 aliphatic heterocycles. The Morgan fingerprint density at radius 2 is 2.00 bits per heavy atom. The van der Waals surface area contributed by atoms with Gasteiger partial charge in [0.15, 0.2) is 0 Å². The van der Waals surface area contributed by atoms with Gasteiger partial charge in [-0.1, -0.05) is 38.4 Å². The quantitative estimate of drug-likeness (QED) is 0.777. The summed E-state index contributed by atoms with van der Waals surface area (Å²) in [6, 6.07) is 3.24. The Balaban J connectivity index is 2.89. The molecule has 5 nitrogen and oxygen atoms in total. The standard InChI is InChI=1S/C14H23ClN2O3S/c1-14(2,3)11-17(7-4-8-18)21(19,20)10-12-5-6-13(15)16-9-12/h5-6,9,18H,4,7-8,10-11H2,1-3H3. The molecule has 0 aromatic carbocycles. The van der Waals surface area contributed by atoms with Crippen molar-refractivity contribution in [3.8, 4) is 0 Å². The third-order valence-electron chi connectivity index (χ3n) is 2.75. The Morgan fingerprint density at radius 3 is 2.48 bits per heavy atom. The van der Waals surface area contributed by atoms with Gasteiger partial charge in [0.2, 0.25) is 10.0 Å². The normalized spacial score (nSPS) is 12.9. The highest BCUT2D eigenvalue weighted by Gasteiger charge is 2.26. The molecule has 1 aromatic heterocycles. The molecule has 0 fully saturated rings. The van der Waals surface area contributed by atoms with Gasteiger partial charge in [-0.2, -0.15) is 0 Å². The fraction of sp³-hybridized carbons (Fsp3) is 0.643. The lowest BCUT2D eigenvalue weighted by Gasteiger charge is -2.29. The molecule has 0 aliphatic rings. The van der Waals surface area contributed by atoms with Crippen LogP contribution in [0.15, 0.2) is 18.3 Å². The second kappa shape index (κ2) is 7.54.